The number of carbonyl (C=O) groups excluding carboxylic acids is 1. The molecule has 9 nitrogen and oxygen atoms in total. The van der Waals surface area contributed by atoms with Gasteiger partial charge >= 0.3 is 0 Å². The molecule has 0 spiro atoms. The Morgan fingerprint density at radius 2 is 2.17 bits per heavy atom. The van der Waals surface area contributed by atoms with Crippen molar-refractivity contribution >= 4 is 23.5 Å². The first-order valence-electron chi connectivity index (χ1n) is 7.06. The lowest BCUT2D eigenvalue weighted by molar-refractivity contribution is -0.124. The highest BCUT2D eigenvalue weighted by Crippen LogP contribution is 2.19. The molecule has 1 fully saturated rings. The Bertz CT molecular complexity index is 704. The zero-order valence-electron chi connectivity index (χ0n) is 12.8. The van der Waals surface area contributed by atoms with E-state index < -0.39 is 0 Å². The molecule has 0 aromatic heterocycles. The lowest BCUT2D eigenvalue weighted by Gasteiger charge is -2.14. The van der Waals surface area contributed by atoms with Crippen molar-refractivity contribution in [3.05, 3.63) is 40.3 Å². The minimum Gasteiger partial charge on any atom is -0.369 e. The second-order valence-electron chi connectivity index (χ2n) is 5.21. The summed E-state index contributed by atoms with van der Waals surface area (Å²) in [6.07, 6.45) is 0.268. The monoisotopic (exact) mass is 314 g/mol. The van der Waals surface area contributed by atoms with E-state index in [4.69, 9.17) is 17.0 Å². The molecule has 0 radical (unpaired) electrons. The number of para-hydroxylation sites is 1. The van der Waals surface area contributed by atoms with Gasteiger partial charge in [0.25, 0.3) is 0 Å². The molecule has 1 aromatic carbocycles. The van der Waals surface area contributed by atoms with Crippen LogP contribution in [0.3, 0.4) is 0 Å². The molecule has 0 aliphatic carbocycles. The molecule has 1 aromatic rings. The van der Waals surface area contributed by atoms with Gasteiger partial charge in [0.15, 0.2) is 0 Å². The molecular weight excluding hydrogens is 296 g/mol. The molecule has 9 heteroatoms. The van der Waals surface area contributed by atoms with Gasteiger partial charge in [-0.05, 0) is 30.0 Å². The van der Waals surface area contributed by atoms with E-state index in [1.54, 1.807) is 0 Å². The van der Waals surface area contributed by atoms with Gasteiger partial charge in [-0.2, -0.15) is 4.99 Å². The Morgan fingerprint density at radius 3 is 2.87 bits per heavy atom. The Kier molecular flexibility index (Phi) is 5.16. The van der Waals surface area contributed by atoms with Crippen molar-refractivity contribution < 1.29 is 4.79 Å². The summed E-state index contributed by atoms with van der Waals surface area (Å²) < 4.78 is 0. The summed E-state index contributed by atoms with van der Waals surface area (Å²) in [5.74, 6) is -0.272. The Morgan fingerprint density at radius 1 is 1.43 bits per heavy atom. The summed E-state index contributed by atoms with van der Waals surface area (Å²) in [5.41, 5.74) is 21.6. The number of aryl methyl sites for hydroxylation is 1. The predicted molar refractivity (Wildman–Crippen MR) is 87.9 cm³/mol. The molecule has 23 heavy (non-hydrogen) atoms. The maximum atomic E-state index is 11.9. The number of aliphatic imine (C=N–C) groups is 2. The van der Waals surface area contributed by atoms with E-state index in [9.17, 15) is 4.79 Å². The summed E-state index contributed by atoms with van der Waals surface area (Å²) in [6.45, 7) is 2.51. The number of nitrogens with zero attached hydrogens (tertiary/aromatic N) is 6. The van der Waals surface area contributed by atoms with Crippen LogP contribution in [0.2, 0.25) is 0 Å². The van der Waals surface area contributed by atoms with Crippen LogP contribution in [0.4, 0.5) is 5.69 Å². The number of hydrogen-bond acceptors (Lipinski definition) is 3. The molecule has 2 rings (SSSR count). The van der Waals surface area contributed by atoms with Crippen molar-refractivity contribution in [3.63, 3.8) is 0 Å². The summed E-state index contributed by atoms with van der Waals surface area (Å²) in [4.78, 5) is 24.1. The van der Waals surface area contributed by atoms with Crippen LogP contribution in [0.25, 0.3) is 10.4 Å². The van der Waals surface area contributed by atoms with Crippen molar-refractivity contribution in [2.45, 2.75) is 13.3 Å². The van der Waals surface area contributed by atoms with E-state index in [0.717, 1.165) is 5.56 Å². The van der Waals surface area contributed by atoms with Gasteiger partial charge in [-0.15, -0.1) is 0 Å². The van der Waals surface area contributed by atoms with Crippen LogP contribution in [-0.2, 0) is 4.79 Å². The molecule has 1 amide bonds. The number of amides is 1. The van der Waals surface area contributed by atoms with Crippen LogP contribution in [0, 0.1) is 12.8 Å². The van der Waals surface area contributed by atoms with Gasteiger partial charge in [-0.3, -0.25) is 9.69 Å². The van der Waals surface area contributed by atoms with E-state index in [-0.39, 0.29) is 36.7 Å². The molecule has 0 bridgehead atoms. The average molecular weight is 314 g/mol. The van der Waals surface area contributed by atoms with Gasteiger partial charge in [0.1, 0.15) is 0 Å². The molecule has 1 atom stereocenters. The quantitative estimate of drug-likeness (QED) is 0.286. The van der Waals surface area contributed by atoms with Crippen molar-refractivity contribution in [1.29, 1.82) is 0 Å². The van der Waals surface area contributed by atoms with Gasteiger partial charge in [-0.25, -0.2) is 4.99 Å². The van der Waals surface area contributed by atoms with E-state index in [1.165, 1.54) is 4.90 Å². The predicted octanol–water partition coefficient (Wildman–Crippen LogP) is 1.41. The van der Waals surface area contributed by atoms with Crippen LogP contribution in [0.15, 0.2) is 39.4 Å². The van der Waals surface area contributed by atoms with E-state index in [1.807, 2.05) is 31.2 Å². The fourth-order valence-corrected chi connectivity index (χ4v) is 2.29. The zero-order valence-corrected chi connectivity index (χ0v) is 12.8. The molecule has 4 N–H and O–H groups in total. The lowest BCUT2D eigenvalue weighted by atomic mass is 10.1. The molecule has 120 valence electrons. The van der Waals surface area contributed by atoms with Gasteiger partial charge in [0, 0.05) is 24.4 Å². The van der Waals surface area contributed by atoms with Crippen LogP contribution in [0.5, 0.6) is 0 Å². The van der Waals surface area contributed by atoms with Crippen LogP contribution in [-0.4, -0.2) is 35.8 Å². The van der Waals surface area contributed by atoms with Gasteiger partial charge in [-0.1, -0.05) is 23.3 Å². The zero-order chi connectivity index (χ0) is 16.8. The third-order valence-corrected chi connectivity index (χ3v) is 3.46. The van der Waals surface area contributed by atoms with E-state index in [0.29, 0.717) is 12.2 Å². The van der Waals surface area contributed by atoms with Crippen molar-refractivity contribution in [2.24, 2.45) is 32.5 Å². The van der Waals surface area contributed by atoms with Gasteiger partial charge < -0.3 is 11.5 Å². The van der Waals surface area contributed by atoms with Crippen LogP contribution >= 0.6 is 0 Å². The number of guanidine groups is 2. The third kappa shape index (κ3) is 4.21. The van der Waals surface area contributed by atoms with Crippen molar-refractivity contribution in [3.8, 4) is 0 Å². The normalized spacial score (nSPS) is 18.9. The van der Waals surface area contributed by atoms with Gasteiger partial charge in [0.2, 0.25) is 17.8 Å². The first-order chi connectivity index (χ1) is 11.0. The molecule has 0 saturated carbocycles. The van der Waals surface area contributed by atoms with Gasteiger partial charge in [0.05, 0.1) is 5.69 Å². The fraction of sp³-hybridized carbons (Fsp3) is 0.357. The highest BCUT2D eigenvalue weighted by Gasteiger charge is 2.31. The fourth-order valence-electron chi connectivity index (χ4n) is 2.29. The average Bonchev–Trinajstić information content (AvgIpc) is 2.88. The third-order valence-electron chi connectivity index (χ3n) is 3.46. The molecule has 1 saturated heterocycles. The Hall–Kier alpha value is -3.06. The maximum absolute atomic E-state index is 11.9. The van der Waals surface area contributed by atoms with Crippen LogP contribution < -0.4 is 11.5 Å². The summed E-state index contributed by atoms with van der Waals surface area (Å²) in [6, 6.07) is 7.46. The second-order valence-corrected chi connectivity index (χ2v) is 5.21. The highest BCUT2D eigenvalue weighted by molar-refractivity contribution is 6.03. The second kappa shape index (κ2) is 7.28. The minimum absolute atomic E-state index is 0.00623. The van der Waals surface area contributed by atoms with Crippen molar-refractivity contribution in [1.82, 2.24) is 4.90 Å². The summed E-state index contributed by atoms with van der Waals surface area (Å²) in [5, 5.41) is 3.48. The first kappa shape index (κ1) is 16.3. The smallest absolute Gasteiger partial charge is 0.229 e. The number of hydrogen-bond donors (Lipinski definition) is 2. The largest absolute Gasteiger partial charge is 0.369 e. The minimum atomic E-state index is -0.173. The molecule has 1 aliphatic rings. The standard InChI is InChI=1S/C14H18N8O/c1-9-4-2-3-5-11(9)19-13(15)20-14(16)22-8-10(6-12(22)23)7-18-21-17/h2-5,10H,6-8H2,1H3,(H4,15,16,19,20). The first-order valence-corrected chi connectivity index (χ1v) is 7.06. The summed E-state index contributed by atoms with van der Waals surface area (Å²) >= 11 is 0. The van der Waals surface area contributed by atoms with E-state index in [2.05, 4.69) is 20.0 Å². The molecule has 1 heterocycles. The van der Waals surface area contributed by atoms with E-state index >= 15 is 0 Å². The number of rotatable bonds is 3. The maximum Gasteiger partial charge on any atom is 0.229 e. The lowest BCUT2D eigenvalue weighted by Crippen LogP contribution is -2.39. The number of nitrogens with two attached hydrogens (primary N) is 2. The number of azide groups is 1. The van der Waals surface area contributed by atoms with Crippen LogP contribution in [0.1, 0.15) is 12.0 Å². The topological polar surface area (TPSA) is 146 Å². The number of carbonyl (C=O) groups is 1. The molecule has 1 unspecified atom stereocenters. The SMILES string of the molecule is Cc1ccccc1N=C(N)/N=C(\N)N1CC(CN=[N+]=[N-])CC1=O. The Labute approximate surface area is 133 Å². The molecular formula is C14H18N8O. The van der Waals surface area contributed by atoms with Crippen molar-refractivity contribution in [2.75, 3.05) is 13.1 Å². The number of likely N-dealkylation sites (tertiary alicyclic amines) is 1. The molecule has 1 aliphatic heterocycles. The Balaban J connectivity index is 2.11. The number of benzene rings is 1. The highest BCUT2D eigenvalue weighted by atomic mass is 16.2. The summed E-state index contributed by atoms with van der Waals surface area (Å²) in [7, 11) is 0.